The van der Waals surface area contributed by atoms with Crippen molar-refractivity contribution in [1.82, 2.24) is 20.2 Å². The molecule has 2 heterocycles. The molecule has 0 radical (unpaired) electrons. The molecule has 0 fully saturated rings. The van der Waals surface area contributed by atoms with Crippen molar-refractivity contribution < 1.29 is 4.79 Å². The number of imidazole rings is 1. The van der Waals surface area contributed by atoms with Crippen LogP contribution < -0.4 is 5.32 Å². The van der Waals surface area contributed by atoms with Crippen molar-refractivity contribution in [2.24, 2.45) is 0 Å². The third-order valence-electron chi connectivity index (χ3n) is 2.42. The van der Waals surface area contributed by atoms with Gasteiger partial charge in [0.25, 0.3) is 5.91 Å². The molecule has 1 aromatic carbocycles. The summed E-state index contributed by atoms with van der Waals surface area (Å²) >= 11 is 0. The van der Waals surface area contributed by atoms with E-state index in [1.165, 1.54) is 6.20 Å². The normalized spacial score (nSPS) is 10.6. The standard InChI is InChI=1S/C11H9N5O/c17-11(9-3-4-14-16-9)15-7-1-2-8-10(5-7)13-6-12-8/h1-6H,(H,12,13)(H,14,16)(H,15,17). The van der Waals surface area contributed by atoms with Crippen molar-refractivity contribution >= 4 is 22.6 Å². The van der Waals surface area contributed by atoms with E-state index in [0.29, 0.717) is 11.4 Å². The molecule has 17 heavy (non-hydrogen) atoms. The zero-order valence-electron chi connectivity index (χ0n) is 8.77. The van der Waals surface area contributed by atoms with Crippen LogP contribution in [0.5, 0.6) is 0 Å². The van der Waals surface area contributed by atoms with Crippen LogP contribution in [-0.2, 0) is 0 Å². The van der Waals surface area contributed by atoms with Crippen LogP contribution in [0.3, 0.4) is 0 Å². The Morgan fingerprint density at radius 2 is 2.24 bits per heavy atom. The first kappa shape index (κ1) is 9.59. The molecule has 6 heteroatoms. The fourth-order valence-corrected chi connectivity index (χ4v) is 1.59. The van der Waals surface area contributed by atoms with Crippen LogP contribution >= 0.6 is 0 Å². The maximum Gasteiger partial charge on any atom is 0.273 e. The van der Waals surface area contributed by atoms with Gasteiger partial charge in [0, 0.05) is 11.9 Å². The molecule has 0 saturated heterocycles. The molecule has 0 bridgehead atoms. The number of aromatic nitrogens is 4. The minimum Gasteiger partial charge on any atom is -0.345 e. The Morgan fingerprint density at radius 3 is 3.06 bits per heavy atom. The third kappa shape index (κ3) is 1.76. The van der Waals surface area contributed by atoms with Gasteiger partial charge in [0.05, 0.1) is 17.4 Å². The van der Waals surface area contributed by atoms with Gasteiger partial charge in [-0.3, -0.25) is 9.89 Å². The van der Waals surface area contributed by atoms with E-state index in [0.717, 1.165) is 11.0 Å². The first-order valence-electron chi connectivity index (χ1n) is 5.07. The minimum atomic E-state index is -0.221. The van der Waals surface area contributed by atoms with Crippen LogP contribution in [0.4, 0.5) is 5.69 Å². The number of carbonyl (C=O) groups is 1. The van der Waals surface area contributed by atoms with E-state index in [2.05, 4.69) is 25.5 Å². The SMILES string of the molecule is O=C(Nc1ccc2nc[nH]c2c1)c1ccn[nH]1. The lowest BCUT2D eigenvalue weighted by Crippen LogP contribution is -2.12. The number of hydrogen-bond donors (Lipinski definition) is 3. The number of fused-ring (bicyclic) bond motifs is 1. The molecule has 0 spiro atoms. The molecular weight excluding hydrogens is 218 g/mol. The maximum atomic E-state index is 11.7. The van der Waals surface area contributed by atoms with E-state index < -0.39 is 0 Å². The van der Waals surface area contributed by atoms with Gasteiger partial charge in [0.2, 0.25) is 0 Å². The molecule has 0 unspecified atom stereocenters. The van der Waals surface area contributed by atoms with E-state index in [-0.39, 0.29) is 5.91 Å². The van der Waals surface area contributed by atoms with Crippen molar-refractivity contribution in [2.45, 2.75) is 0 Å². The number of amides is 1. The highest BCUT2D eigenvalue weighted by atomic mass is 16.1. The highest BCUT2D eigenvalue weighted by Gasteiger charge is 2.07. The summed E-state index contributed by atoms with van der Waals surface area (Å²) in [6, 6.07) is 7.09. The van der Waals surface area contributed by atoms with Gasteiger partial charge in [-0.1, -0.05) is 0 Å². The lowest BCUT2D eigenvalue weighted by molar-refractivity contribution is 0.102. The lowest BCUT2D eigenvalue weighted by atomic mass is 10.2. The smallest absolute Gasteiger partial charge is 0.273 e. The fraction of sp³-hybridized carbons (Fsp3) is 0. The van der Waals surface area contributed by atoms with Crippen molar-refractivity contribution in [1.29, 1.82) is 0 Å². The zero-order chi connectivity index (χ0) is 11.7. The molecule has 2 aromatic heterocycles. The number of carbonyl (C=O) groups excluding carboxylic acids is 1. The van der Waals surface area contributed by atoms with E-state index >= 15 is 0 Å². The Hall–Kier alpha value is -2.63. The quantitative estimate of drug-likeness (QED) is 0.620. The van der Waals surface area contributed by atoms with Crippen molar-refractivity contribution in [2.75, 3.05) is 5.32 Å². The first-order chi connectivity index (χ1) is 8.33. The van der Waals surface area contributed by atoms with Gasteiger partial charge in [-0.05, 0) is 24.3 Å². The Balaban J connectivity index is 1.87. The van der Waals surface area contributed by atoms with Crippen LogP contribution in [0.25, 0.3) is 11.0 Å². The Morgan fingerprint density at radius 1 is 1.29 bits per heavy atom. The highest BCUT2D eigenvalue weighted by Crippen LogP contribution is 2.16. The molecule has 3 rings (SSSR count). The molecule has 0 aliphatic carbocycles. The Bertz CT molecular complexity index is 655. The van der Waals surface area contributed by atoms with Gasteiger partial charge in [0.15, 0.2) is 0 Å². The predicted octanol–water partition coefficient (Wildman–Crippen LogP) is 1.54. The molecule has 0 saturated carbocycles. The predicted molar refractivity (Wildman–Crippen MR) is 62.6 cm³/mol. The van der Waals surface area contributed by atoms with E-state index in [1.54, 1.807) is 18.5 Å². The molecule has 84 valence electrons. The number of nitrogens with one attached hydrogen (secondary N) is 3. The topological polar surface area (TPSA) is 86.5 Å². The van der Waals surface area contributed by atoms with E-state index in [9.17, 15) is 4.79 Å². The molecule has 0 aliphatic rings. The van der Waals surface area contributed by atoms with E-state index in [1.807, 2.05) is 12.1 Å². The zero-order valence-corrected chi connectivity index (χ0v) is 8.77. The summed E-state index contributed by atoms with van der Waals surface area (Å²) in [7, 11) is 0. The largest absolute Gasteiger partial charge is 0.345 e. The molecule has 1 amide bonds. The van der Waals surface area contributed by atoms with Crippen LogP contribution in [0.15, 0.2) is 36.8 Å². The van der Waals surface area contributed by atoms with Gasteiger partial charge in [-0.25, -0.2) is 4.98 Å². The van der Waals surface area contributed by atoms with Gasteiger partial charge in [0.1, 0.15) is 5.69 Å². The summed E-state index contributed by atoms with van der Waals surface area (Å²) in [4.78, 5) is 18.8. The van der Waals surface area contributed by atoms with Gasteiger partial charge in [-0.15, -0.1) is 0 Å². The summed E-state index contributed by atoms with van der Waals surface area (Å²) in [5, 5.41) is 9.10. The van der Waals surface area contributed by atoms with Gasteiger partial charge >= 0.3 is 0 Å². The first-order valence-corrected chi connectivity index (χ1v) is 5.07. The van der Waals surface area contributed by atoms with Crippen LogP contribution in [0.2, 0.25) is 0 Å². The minimum absolute atomic E-state index is 0.221. The molecule has 0 aliphatic heterocycles. The van der Waals surface area contributed by atoms with Crippen LogP contribution in [-0.4, -0.2) is 26.1 Å². The summed E-state index contributed by atoms with van der Waals surface area (Å²) in [6.45, 7) is 0. The number of aromatic amines is 2. The number of hydrogen-bond acceptors (Lipinski definition) is 3. The number of rotatable bonds is 2. The Kier molecular flexibility index (Phi) is 2.11. The molecule has 6 nitrogen and oxygen atoms in total. The number of anilines is 1. The lowest BCUT2D eigenvalue weighted by Gasteiger charge is -2.02. The van der Waals surface area contributed by atoms with Crippen LogP contribution in [0, 0.1) is 0 Å². The fourth-order valence-electron chi connectivity index (χ4n) is 1.59. The summed E-state index contributed by atoms with van der Waals surface area (Å²) < 4.78 is 0. The van der Waals surface area contributed by atoms with Crippen molar-refractivity contribution in [3.05, 3.63) is 42.5 Å². The van der Waals surface area contributed by atoms with Crippen molar-refractivity contribution in [3.8, 4) is 0 Å². The number of nitrogens with zero attached hydrogens (tertiary/aromatic N) is 2. The molecular formula is C11H9N5O. The Labute approximate surface area is 96.1 Å². The maximum absolute atomic E-state index is 11.7. The average molecular weight is 227 g/mol. The third-order valence-corrected chi connectivity index (χ3v) is 2.42. The monoisotopic (exact) mass is 227 g/mol. The molecule has 3 N–H and O–H groups in total. The second kappa shape index (κ2) is 3.75. The second-order valence-corrected chi connectivity index (χ2v) is 3.56. The molecule has 3 aromatic rings. The van der Waals surface area contributed by atoms with Crippen LogP contribution in [0.1, 0.15) is 10.5 Å². The average Bonchev–Trinajstić information content (AvgIpc) is 2.99. The number of benzene rings is 1. The second-order valence-electron chi connectivity index (χ2n) is 3.56. The summed E-state index contributed by atoms with van der Waals surface area (Å²) in [5.41, 5.74) is 2.88. The van der Waals surface area contributed by atoms with E-state index in [4.69, 9.17) is 0 Å². The van der Waals surface area contributed by atoms with Gasteiger partial charge < -0.3 is 10.3 Å². The number of H-pyrrole nitrogens is 2. The van der Waals surface area contributed by atoms with Gasteiger partial charge in [-0.2, -0.15) is 5.10 Å². The highest BCUT2D eigenvalue weighted by molar-refractivity contribution is 6.03. The summed E-state index contributed by atoms with van der Waals surface area (Å²) in [6.07, 6.45) is 3.15. The summed E-state index contributed by atoms with van der Waals surface area (Å²) in [5.74, 6) is -0.221. The van der Waals surface area contributed by atoms with Crippen molar-refractivity contribution in [3.63, 3.8) is 0 Å². The molecule has 0 atom stereocenters.